The van der Waals surface area contributed by atoms with Crippen molar-refractivity contribution in [1.82, 2.24) is 9.62 Å². The van der Waals surface area contributed by atoms with Gasteiger partial charge in [-0.2, -0.15) is 4.31 Å². The van der Waals surface area contributed by atoms with Crippen molar-refractivity contribution >= 4 is 28.7 Å². The summed E-state index contributed by atoms with van der Waals surface area (Å²) in [5.41, 5.74) is -0.907. The number of benzene rings is 1. The Morgan fingerprint density at radius 2 is 1.84 bits per heavy atom. The van der Waals surface area contributed by atoms with Gasteiger partial charge in [0.2, 0.25) is 10.0 Å². The number of carbonyl (C=O) groups excluding carboxylic acids is 1. The molecule has 0 aromatic heterocycles. The minimum atomic E-state index is -3.67. The monoisotopic (exact) mass is 466 g/mol. The summed E-state index contributed by atoms with van der Waals surface area (Å²) in [6, 6.07) is 6.75. The molecule has 0 spiro atoms. The van der Waals surface area contributed by atoms with Crippen LogP contribution in [-0.4, -0.2) is 62.4 Å². The van der Waals surface area contributed by atoms with Gasteiger partial charge < -0.3 is 19.4 Å². The number of amides is 1. The number of carbonyl (C=O) groups is 1. The first-order chi connectivity index (χ1) is 14.6. The Labute approximate surface area is 192 Å². The van der Waals surface area contributed by atoms with Gasteiger partial charge in [-0.05, 0) is 78.4 Å². The molecule has 8 nitrogen and oxygen atoms in total. The van der Waals surface area contributed by atoms with Crippen LogP contribution in [-0.2, 0) is 24.1 Å². The van der Waals surface area contributed by atoms with E-state index in [0.29, 0.717) is 31.5 Å². The normalized spacial score (nSPS) is 23.3. The second kappa shape index (κ2) is 8.63. The van der Waals surface area contributed by atoms with Crippen molar-refractivity contribution in [2.75, 3.05) is 19.6 Å². The topological polar surface area (TPSA) is 94.2 Å². The minimum Gasteiger partial charge on any atom is -0.444 e. The van der Waals surface area contributed by atoms with Crippen LogP contribution in [0.1, 0.15) is 54.9 Å². The number of nitrogens with one attached hydrogen (secondary N) is 1. The van der Waals surface area contributed by atoms with Gasteiger partial charge in [0, 0.05) is 19.6 Å². The van der Waals surface area contributed by atoms with Crippen molar-refractivity contribution in [3.05, 3.63) is 24.3 Å². The number of nitrogens with zero attached hydrogens (tertiary/aromatic N) is 1. The lowest BCUT2D eigenvalue weighted by Crippen LogP contribution is -2.41. The Morgan fingerprint density at radius 1 is 1.22 bits per heavy atom. The molecule has 32 heavy (non-hydrogen) atoms. The fourth-order valence-corrected chi connectivity index (χ4v) is 5.26. The van der Waals surface area contributed by atoms with E-state index in [1.807, 2.05) is 33.8 Å². The number of hydrogen-bond donors (Lipinski definition) is 1. The Balaban J connectivity index is 1.65. The molecule has 1 N–H and O–H groups in total. The Kier molecular flexibility index (Phi) is 6.74. The molecule has 0 bridgehead atoms. The SMILES string of the molecule is CC(C)(C)OC(=O)NCC1CCN(S(=O)(=O)c2cccc(B3OC(C)(C)C(C)(C)O3)c2)C1. The Hall–Kier alpha value is -1.62. The molecule has 3 rings (SSSR count). The van der Waals surface area contributed by atoms with Crippen LogP contribution in [0, 0.1) is 5.92 Å². The highest BCUT2D eigenvalue weighted by atomic mass is 32.2. The molecule has 1 amide bonds. The molecule has 1 aromatic carbocycles. The highest BCUT2D eigenvalue weighted by Gasteiger charge is 2.51. The van der Waals surface area contributed by atoms with E-state index in [2.05, 4.69) is 5.32 Å². The number of sulfonamides is 1. The third-order valence-corrected chi connectivity index (χ3v) is 8.06. The summed E-state index contributed by atoms with van der Waals surface area (Å²) in [6.45, 7) is 14.4. The van der Waals surface area contributed by atoms with Crippen LogP contribution in [0.15, 0.2) is 29.2 Å². The molecule has 2 saturated heterocycles. The van der Waals surface area contributed by atoms with E-state index in [1.165, 1.54) is 4.31 Å². The zero-order chi connectivity index (χ0) is 23.9. The van der Waals surface area contributed by atoms with Gasteiger partial charge in [-0.25, -0.2) is 13.2 Å². The van der Waals surface area contributed by atoms with Gasteiger partial charge in [-0.3, -0.25) is 0 Å². The molecule has 10 heteroatoms. The van der Waals surface area contributed by atoms with Gasteiger partial charge in [0.15, 0.2) is 0 Å². The van der Waals surface area contributed by atoms with Crippen LogP contribution in [0.3, 0.4) is 0 Å². The summed E-state index contributed by atoms with van der Waals surface area (Å²) in [5.74, 6) is 0.0311. The first kappa shape index (κ1) is 25.0. The fourth-order valence-electron chi connectivity index (χ4n) is 3.67. The van der Waals surface area contributed by atoms with E-state index >= 15 is 0 Å². The highest BCUT2D eigenvalue weighted by molar-refractivity contribution is 7.89. The molecule has 0 saturated carbocycles. The van der Waals surface area contributed by atoms with Crippen LogP contribution in [0.4, 0.5) is 4.79 Å². The third kappa shape index (κ3) is 5.47. The summed E-state index contributed by atoms with van der Waals surface area (Å²) < 4.78 is 45.4. The molecular formula is C22H35BN2O6S. The van der Waals surface area contributed by atoms with Crippen molar-refractivity contribution in [2.45, 2.75) is 76.6 Å². The van der Waals surface area contributed by atoms with E-state index in [9.17, 15) is 13.2 Å². The van der Waals surface area contributed by atoms with Crippen LogP contribution < -0.4 is 10.8 Å². The average Bonchev–Trinajstić information content (AvgIpc) is 3.21. The van der Waals surface area contributed by atoms with Gasteiger partial charge in [0.05, 0.1) is 16.1 Å². The lowest BCUT2D eigenvalue weighted by atomic mass is 9.79. The third-order valence-electron chi connectivity index (χ3n) is 6.20. The lowest BCUT2D eigenvalue weighted by molar-refractivity contribution is 0.00578. The molecule has 0 radical (unpaired) electrons. The summed E-state index contributed by atoms with van der Waals surface area (Å²) in [5, 5.41) is 2.74. The van der Waals surface area contributed by atoms with Crippen LogP contribution >= 0.6 is 0 Å². The molecule has 2 fully saturated rings. The van der Waals surface area contributed by atoms with Crippen LogP contribution in [0.2, 0.25) is 0 Å². The van der Waals surface area contributed by atoms with E-state index in [1.54, 1.807) is 39.0 Å². The number of ether oxygens (including phenoxy) is 1. The van der Waals surface area contributed by atoms with Gasteiger partial charge >= 0.3 is 13.2 Å². The summed E-state index contributed by atoms with van der Waals surface area (Å²) in [7, 11) is -4.30. The van der Waals surface area contributed by atoms with E-state index in [4.69, 9.17) is 14.0 Å². The second-order valence-electron chi connectivity index (χ2n) is 10.6. The predicted octanol–water partition coefficient (Wildman–Crippen LogP) is 2.52. The van der Waals surface area contributed by atoms with Gasteiger partial charge in [0.1, 0.15) is 5.60 Å². The number of hydrogen-bond acceptors (Lipinski definition) is 6. The van der Waals surface area contributed by atoms with Gasteiger partial charge in [-0.1, -0.05) is 12.1 Å². The van der Waals surface area contributed by atoms with Crippen molar-refractivity contribution < 1.29 is 27.3 Å². The van der Waals surface area contributed by atoms with E-state index < -0.39 is 40.0 Å². The van der Waals surface area contributed by atoms with Crippen molar-refractivity contribution in [2.24, 2.45) is 5.92 Å². The molecular weight excluding hydrogens is 431 g/mol. The first-order valence-corrected chi connectivity index (χ1v) is 12.5. The largest absolute Gasteiger partial charge is 0.494 e. The van der Waals surface area contributed by atoms with Crippen molar-refractivity contribution in [3.8, 4) is 0 Å². The Bertz CT molecular complexity index is 941. The minimum absolute atomic E-state index is 0.0311. The zero-order valence-corrected chi connectivity index (χ0v) is 20.9. The van der Waals surface area contributed by atoms with Gasteiger partial charge in [-0.15, -0.1) is 0 Å². The maximum absolute atomic E-state index is 13.3. The maximum atomic E-state index is 13.3. The molecule has 1 unspecified atom stereocenters. The Morgan fingerprint density at radius 3 is 2.44 bits per heavy atom. The molecule has 0 aliphatic carbocycles. The fraction of sp³-hybridized carbons (Fsp3) is 0.682. The summed E-state index contributed by atoms with van der Waals surface area (Å²) in [4.78, 5) is 12.1. The second-order valence-corrected chi connectivity index (χ2v) is 12.5. The number of rotatable bonds is 5. The summed E-state index contributed by atoms with van der Waals surface area (Å²) in [6.07, 6.45) is 0.181. The summed E-state index contributed by atoms with van der Waals surface area (Å²) >= 11 is 0. The molecule has 2 aliphatic rings. The molecule has 1 atom stereocenters. The van der Waals surface area contributed by atoms with E-state index in [0.717, 1.165) is 0 Å². The predicted molar refractivity (Wildman–Crippen MR) is 123 cm³/mol. The lowest BCUT2D eigenvalue weighted by Gasteiger charge is -2.32. The standard InChI is InChI=1S/C22H35BN2O6S/c1-20(2,3)29-19(26)24-14-16-11-12-25(15-16)32(27,28)18-10-8-9-17(13-18)23-30-21(4,5)22(6,7)31-23/h8-10,13,16H,11-12,14-15H2,1-7H3,(H,24,26). The van der Waals surface area contributed by atoms with Crippen LogP contribution in [0.5, 0.6) is 0 Å². The van der Waals surface area contributed by atoms with Crippen molar-refractivity contribution in [1.29, 1.82) is 0 Å². The maximum Gasteiger partial charge on any atom is 0.494 e. The first-order valence-electron chi connectivity index (χ1n) is 11.0. The average molecular weight is 466 g/mol. The van der Waals surface area contributed by atoms with Crippen molar-refractivity contribution in [3.63, 3.8) is 0 Å². The molecule has 1 aromatic rings. The highest BCUT2D eigenvalue weighted by Crippen LogP contribution is 2.36. The van der Waals surface area contributed by atoms with Gasteiger partial charge in [0.25, 0.3) is 0 Å². The smallest absolute Gasteiger partial charge is 0.444 e. The molecule has 2 aliphatic heterocycles. The molecule has 2 heterocycles. The van der Waals surface area contributed by atoms with Crippen LogP contribution in [0.25, 0.3) is 0 Å². The molecule has 178 valence electrons. The quantitative estimate of drug-likeness (QED) is 0.671. The number of alkyl carbamates (subject to hydrolysis) is 1. The zero-order valence-electron chi connectivity index (χ0n) is 20.1. The van der Waals surface area contributed by atoms with E-state index in [-0.39, 0.29) is 10.8 Å².